The molecule has 1 amide bonds. The van der Waals surface area contributed by atoms with Gasteiger partial charge in [0, 0.05) is 16.9 Å². The molecule has 2 aromatic carbocycles. The molecular weight excluding hydrogens is 448 g/mol. The van der Waals surface area contributed by atoms with E-state index in [1.165, 1.54) is 30.6 Å². The molecule has 4 aromatic rings. The molecule has 5 rings (SSSR count). The first-order valence-corrected chi connectivity index (χ1v) is 12.2. The van der Waals surface area contributed by atoms with E-state index >= 15 is 0 Å². The van der Waals surface area contributed by atoms with Gasteiger partial charge in [-0.2, -0.15) is 0 Å². The predicted octanol–water partition coefficient (Wildman–Crippen LogP) is 6.07. The van der Waals surface area contributed by atoms with Crippen molar-refractivity contribution in [2.24, 2.45) is 0 Å². The largest absolute Gasteiger partial charge is 0.497 e. The molecule has 8 heteroatoms. The van der Waals surface area contributed by atoms with Gasteiger partial charge in [0.25, 0.3) is 5.91 Å². The van der Waals surface area contributed by atoms with E-state index in [0.717, 1.165) is 34.3 Å². The van der Waals surface area contributed by atoms with Crippen LogP contribution in [-0.2, 0) is 0 Å². The number of carbonyl (C=O) groups is 1. The van der Waals surface area contributed by atoms with Crippen LogP contribution in [-0.4, -0.2) is 35.3 Å². The van der Waals surface area contributed by atoms with Crippen LogP contribution in [0.1, 0.15) is 53.4 Å². The van der Waals surface area contributed by atoms with Crippen LogP contribution >= 0.6 is 11.3 Å². The second-order valence-corrected chi connectivity index (χ2v) is 9.38. The van der Waals surface area contributed by atoms with E-state index in [1.54, 1.807) is 20.3 Å². The van der Waals surface area contributed by atoms with Gasteiger partial charge in [0.1, 0.15) is 16.5 Å². The highest BCUT2D eigenvalue weighted by Crippen LogP contribution is 2.36. The number of nitrogens with one attached hydrogen (secondary N) is 1. The molecule has 0 spiro atoms. The molecule has 1 saturated carbocycles. The van der Waals surface area contributed by atoms with Crippen molar-refractivity contribution in [2.75, 3.05) is 19.5 Å². The Bertz CT molecular complexity index is 1330. The minimum Gasteiger partial charge on any atom is -0.497 e. The van der Waals surface area contributed by atoms with Crippen LogP contribution in [0, 0.1) is 0 Å². The molecule has 0 bridgehead atoms. The van der Waals surface area contributed by atoms with Crippen molar-refractivity contribution in [3.63, 3.8) is 0 Å². The third-order valence-corrected chi connectivity index (χ3v) is 7.26. The molecule has 0 radical (unpaired) electrons. The van der Waals surface area contributed by atoms with Crippen LogP contribution in [0.5, 0.6) is 11.5 Å². The number of carbonyl (C=O) groups excluding carboxylic acids is 1. The number of pyridine rings is 1. The molecule has 1 fully saturated rings. The fourth-order valence-corrected chi connectivity index (χ4v) is 5.39. The lowest BCUT2D eigenvalue weighted by atomic mass is 9.90. The fourth-order valence-electron chi connectivity index (χ4n) is 4.48. The van der Waals surface area contributed by atoms with Gasteiger partial charge in [-0.1, -0.05) is 48.8 Å². The summed E-state index contributed by atoms with van der Waals surface area (Å²) in [4.78, 5) is 18.2. The number of methoxy groups -OCH3 is 2. The Labute approximate surface area is 202 Å². The molecule has 0 unspecified atom stereocenters. The average Bonchev–Trinajstić information content (AvgIpc) is 3.36. The van der Waals surface area contributed by atoms with Gasteiger partial charge in [-0.15, -0.1) is 10.2 Å². The maximum Gasteiger partial charge on any atom is 0.258 e. The number of ether oxygens (including phenoxy) is 2. The third-order valence-electron chi connectivity index (χ3n) is 6.26. The summed E-state index contributed by atoms with van der Waals surface area (Å²) in [7, 11) is 3.22. The van der Waals surface area contributed by atoms with Gasteiger partial charge in [0.15, 0.2) is 0 Å². The number of fused-ring (bicyclic) bond motifs is 1. The Morgan fingerprint density at radius 1 is 1.00 bits per heavy atom. The maximum absolute atomic E-state index is 13.4. The predicted molar refractivity (Wildman–Crippen MR) is 134 cm³/mol. The summed E-state index contributed by atoms with van der Waals surface area (Å²) in [6.45, 7) is 0. The van der Waals surface area contributed by atoms with Gasteiger partial charge in [-0.25, -0.2) is 4.98 Å². The fraction of sp³-hybridized carbons (Fsp3) is 0.308. The Balaban J connectivity index is 1.51. The normalized spacial score (nSPS) is 14.2. The zero-order valence-electron chi connectivity index (χ0n) is 19.2. The summed E-state index contributed by atoms with van der Waals surface area (Å²) in [6, 6.07) is 14.9. The van der Waals surface area contributed by atoms with E-state index in [-0.39, 0.29) is 5.91 Å². The minimum absolute atomic E-state index is 0.243. The van der Waals surface area contributed by atoms with E-state index in [9.17, 15) is 4.79 Å². The van der Waals surface area contributed by atoms with Crippen LogP contribution in [0.25, 0.3) is 22.2 Å². The summed E-state index contributed by atoms with van der Waals surface area (Å²) in [5.74, 6) is 1.54. The molecule has 2 aromatic heterocycles. The van der Waals surface area contributed by atoms with Gasteiger partial charge < -0.3 is 9.47 Å². The molecular formula is C26H26N4O3S. The summed E-state index contributed by atoms with van der Waals surface area (Å²) >= 11 is 1.47. The lowest BCUT2D eigenvalue weighted by Gasteiger charge is -2.18. The first-order valence-electron chi connectivity index (χ1n) is 11.4. The van der Waals surface area contributed by atoms with E-state index in [1.807, 2.05) is 42.5 Å². The highest BCUT2D eigenvalue weighted by atomic mass is 32.1. The molecule has 1 N–H and O–H groups in total. The van der Waals surface area contributed by atoms with Gasteiger partial charge in [-0.3, -0.25) is 10.1 Å². The van der Waals surface area contributed by atoms with Crippen LogP contribution in [0.3, 0.4) is 0 Å². The van der Waals surface area contributed by atoms with Crippen molar-refractivity contribution in [3.8, 4) is 22.8 Å². The molecule has 7 nitrogen and oxygen atoms in total. The second kappa shape index (κ2) is 9.77. The Morgan fingerprint density at radius 2 is 1.82 bits per heavy atom. The van der Waals surface area contributed by atoms with Crippen LogP contribution in [0.2, 0.25) is 0 Å². The van der Waals surface area contributed by atoms with Gasteiger partial charge in [0.05, 0.1) is 31.0 Å². The molecule has 2 heterocycles. The maximum atomic E-state index is 13.4. The number of amides is 1. The zero-order chi connectivity index (χ0) is 23.5. The summed E-state index contributed by atoms with van der Waals surface area (Å²) in [6.07, 6.45) is 6.03. The van der Waals surface area contributed by atoms with Crippen molar-refractivity contribution in [1.29, 1.82) is 0 Å². The third kappa shape index (κ3) is 4.46. The lowest BCUT2D eigenvalue weighted by molar-refractivity contribution is 0.102. The number of benzene rings is 2. The average molecular weight is 475 g/mol. The highest BCUT2D eigenvalue weighted by molar-refractivity contribution is 7.15. The van der Waals surface area contributed by atoms with E-state index in [4.69, 9.17) is 14.5 Å². The standard InChI is InChI=1S/C26H26N4O3S/c1-32-17-12-13-23(33-2)20(14-17)22-15-19(18-10-6-7-11-21(18)27-22)24(31)28-26-30-29-25(34-26)16-8-4-3-5-9-16/h6-7,10-16H,3-5,8-9H2,1-2H3,(H,28,30,31). The summed E-state index contributed by atoms with van der Waals surface area (Å²) < 4.78 is 11.0. The van der Waals surface area contributed by atoms with Crippen molar-refractivity contribution >= 4 is 33.3 Å². The second-order valence-electron chi connectivity index (χ2n) is 8.37. The summed E-state index contributed by atoms with van der Waals surface area (Å²) in [5.41, 5.74) is 2.60. The van der Waals surface area contributed by atoms with Crippen LogP contribution < -0.4 is 14.8 Å². The Hall–Kier alpha value is -3.52. The molecule has 0 atom stereocenters. The number of hydrogen-bond acceptors (Lipinski definition) is 7. The SMILES string of the molecule is COc1ccc(OC)c(-c2cc(C(=O)Nc3nnc(C4CCCCC4)s3)c3ccccc3n2)c1. The van der Waals surface area contributed by atoms with E-state index < -0.39 is 0 Å². The monoisotopic (exact) mass is 474 g/mol. The molecule has 0 aliphatic heterocycles. The number of para-hydroxylation sites is 1. The van der Waals surface area contributed by atoms with Crippen molar-refractivity contribution in [1.82, 2.24) is 15.2 Å². The molecule has 174 valence electrons. The number of rotatable bonds is 6. The number of anilines is 1. The van der Waals surface area contributed by atoms with Gasteiger partial charge >= 0.3 is 0 Å². The number of aromatic nitrogens is 3. The van der Waals surface area contributed by atoms with Crippen molar-refractivity contribution < 1.29 is 14.3 Å². The lowest BCUT2D eigenvalue weighted by Crippen LogP contribution is -2.13. The van der Waals surface area contributed by atoms with E-state index in [2.05, 4.69) is 15.5 Å². The Morgan fingerprint density at radius 3 is 2.62 bits per heavy atom. The molecule has 1 aliphatic carbocycles. The highest BCUT2D eigenvalue weighted by Gasteiger charge is 2.22. The summed E-state index contributed by atoms with van der Waals surface area (Å²) in [5, 5.41) is 13.9. The molecule has 34 heavy (non-hydrogen) atoms. The topological polar surface area (TPSA) is 86.2 Å². The van der Waals surface area contributed by atoms with E-state index in [0.29, 0.717) is 33.8 Å². The first kappa shape index (κ1) is 22.3. The van der Waals surface area contributed by atoms with Crippen LogP contribution in [0.4, 0.5) is 5.13 Å². The first-order chi connectivity index (χ1) is 16.7. The smallest absolute Gasteiger partial charge is 0.258 e. The van der Waals surface area contributed by atoms with Gasteiger partial charge in [-0.05, 0) is 43.2 Å². The van der Waals surface area contributed by atoms with Gasteiger partial charge in [0.2, 0.25) is 5.13 Å². The Kier molecular flexibility index (Phi) is 6.40. The molecule has 1 aliphatic rings. The molecule has 0 saturated heterocycles. The van der Waals surface area contributed by atoms with Crippen LogP contribution in [0.15, 0.2) is 48.5 Å². The van der Waals surface area contributed by atoms with Crippen molar-refractivity contribution in [3.05, 3.63) is 59.1 Å². The quantitative estimate of drug-likeness (QED) is 0.365. The minimum atomic E-state index is -0.243. The number of nitrogens with zero attached hydrogens (tertiary/aromatic N) is 3. The number of hydrogen-bond donors (Lipinski definition) is 1. The van der Waals surface area contributed by atoms with Crippen molar-refractivity contribution in [2.45, 2.75) is 38.0 Å². The zero-order valence-corrected chi connectivity index (χ0v) is 20.0.